The third kappa shape index (κ3) is 5.12. The van der Waals surface area contributed by atoms with Gasteiger partial charge in [-0.05, 0) is 32.0 Å². The van der Waals surface area contributed by atoms with Gasteiger partial charge in [-0.1, -0.05) is 0 Å². The third-order valence-corrected chi connectivity index (χ3v) is 6.37. The van der Waals surface area contributed by atoms with Crippen LogP contribution in [0, 0.1) is 0 Å². The van der Waals surface area contributed by atoms with Gasteiger partial charge in [-0.2, -0.15) is 0 Å². The molecule has 0 unspecified atom stereocenters. The van der Waals surface area contributed by atoms with E-state index in [-0.39, 0.29) is 23.8 Å². The van der Waals surface area contributed by atoms with Gasteiger partial charge in [-0.25, -0.2) is 13.1 Å². The Morgan fingerprint density at radius 2 is 1.89 bits per heavy atom. The van der Waals surface area contributed by atoms with Gasteiger partial charge in [0.2, 0.25) is 15.9 Å². The van der Waals surface area contributed by atoms with E-state index < -0.39 is 10.0 Å². The fourth-order valence-electron chi connectivity index (χ4n) is 3.26. The number of nitrogens with zero attached hydrogens (tertiary/aromatic N) is 1. The molecule has 2 N–H and O–H groups in total. The highest BCUT2D eigenvalue weighted by Crippen LogP contribution is 2.31. The van der Waals surface area contributed by atoms with Crippen LogP contribution >= 0.6 is 0 Å². The summed E-state index contributed by atoms with van der Waals surface area (Å²) in [5.74, 6) is 0.955. The number of sulfonamides is 1. The standard InChI is InChI=1S/C18H27N3O5S/c1-19-14-6-9-21(10-7-14)18(22)5-8-20-27(23,24)15-3-4-16-17(13-15)26-12-2-11-25-16/h3-4,13-14,19-20H,2,5-12H2,1H3. The molecule has 0 bridgehead atoms. The monoisotopic (exact) mass is 397 g/mol. The number of rotatable bonds is 6. The van der Waals surface area contributed by atoms with Crippen molar-refractivity contribution >= 4 is 15.9 Å². The van der Waals surface area contributed by atoms with Crippen LogP contribution in [0.4, 0.5) is 0 Å². The molecule has 2 heterocycles. The second-order valence-electron chi connectivity index (χ2n) is 6.75. The first-order valence-electron chi connectivity index (χ1n) is 9.34. The second kappa shape index (κ2) is 8.90. The molecular weight excluding hydrogens is 370 g/mol. The van der Waals surface area contributed by atoms with E-state index in [0.717, 1.165) is 19.3 Å². The predicted molar refractivity (Wildman–Crippen MR) is 101 cm³/mol. The summed E-state index contributed by atoms with van der Waals surface area (Å²) in [6, 6.07) is 5.01. The van der Waals surface area contributed by atoms with Gasteiger partial charge in [0.05, 0.1) is 18.1 Å². The molecule has 1 amide bonds. The molecule has 27 heavy (non-hydrogen) atoms. The molecule has 0 saturated carbocycles. The zero-order valence-corrected chi connectivity index (χ0v) is 16.4. The molecule has 1 saturated heterocycles. The number of ether oxygens (including phenoxy) is 2. The minimum absolute atomic E-state index is 0.0223. The summed E-state index contributed by atoms with van der Waals surface area (Å²) >= 11 is 0. The Morgan fingerprint density at radius 3 is 2.59 bits per heavy atom. The zero-order chi connectivity index (χ0) is 19.3. The fourth-order valence-corrected chi connectivity index (χ4v) is 4.31. The molecule has 0 radical (unpaired) electrons. The molecule has 9 heteroatoms. The van der Waals surface area contributed by atoms with E-state index in [1.165, 1.54) is 12.1 Å². The van der Waals surface area contributed by atoms with Crippen LogP contribution in [0.15, 0.2) is 23.1 Å². The number of nitrogens with one attached hydrogen (secondary N) is 2. The third-order valence-electron chi connectivity index (χ3n) is 4.92. The van der Waals surface area contributed by atoms with Crippen molar-refractivity contribution < 1.29 is 22.7 Å². The topological polar surface area (TPSA) is 97.0 Å². The first kappa shape index (κ1) is 19.9. The molecule has 8 nitrogen and oxygen atoms in total. The first-order chi connectivity index (χ1) is 13.0. The normalized spacial score (nSPS) is 18.2. The van der Waals surface area contributed by atoms with E-state index in [0.29, 0.717) is 43.8 Å². The van der Waals surface area contributed by atoms with Gasteiger partial charge in [0.15, 0.2) is 11.5 Å². The van der Waals surface area contributed by atoms with Crippen LogP contribution in [-0.4, -0.2) is 65.2 Å². The lowest BCUT2D eigenvalue weighted by atomic mass is 10.1. The summed E-state index contributed by atoms with van der Waals surface area (Å²) in [6.45, 7) is 2.52. The van der Waals surface area contributed by atoms with Crippen LogP contribution in [0.25, 0.3) is 0 Å². The number of piperidine rings is 1. The van der Waals surface area contributed by atoms with Crippen molar-refractivity contribution in [2.24, 2.45) is 0 Å². The average Bonchev–Trinajstić information content (AvgIpc) is 2.92. The van der Waals surface area contributed by atoms with Gasteiger partial charge < -0.3 is 19.7 Å². The molecule has 150 valence electrons. The Balaban J connectivity index is 1.53. The van der Waals surface area contributed by atoms with Crippen molar-refractivity contribution in [2.45, 2.75) is 36.6 Å². The Labute approximate surface area is 160 Å². The van der Waals surface area contributed by atoms with E-state index >= 15 is 0 Å². The number of amides is 1. The number of fused-ring (bicyclic) bond motifs is 1. The largest absolute Gasteiger partial charge is 0.490 e. The Morgan fingerprint density at radius 1 is 1.19 bits per heavy atom. The lowest BCUT2D eigenvalue weighted by Gasteiger charge is -2.31. The number of carbonyl (C=O) groups excluding carboxylic acids is 1. The average molecular weight is 397 g/mol. The van der Waals surface area contributed by atoms with E-state index in [2.05, 4.69) is 10.0 Å². The van der Waals surface area contributed by atoms with Gasteiger partial charge in [0.1, 0.15) is 0 Å². The molecule has 1 aromatic rings. The maximum atomic E-state index is 12.5. The van der Waals surface area contributed by atoms with E-state index in [1.807, 2.05) is 7.05 Å². The Bertz CT molecular complexity index is 760. The predicted octanol–water partition coefficient (Wildman–Crippen LogP) is 0.727. The number of carbonyl (C=O) groups is 1. The molecular formula is C18H27N3O5S. The van der Waals surface area contributed by atoms with E-state index in [9.17, 15) is 13.2 Å². The van der Waals surface area contributed by atoms with Crippen molar-refractivity contribution in [1.82, 2.24) is 14.9 Å². The van der Waals surface area contributed by atoms with Crippen molar-refractivity contribution in [1.29, 1.82) is 0 Å². The lowest BCUT2D eigenvalue weighted by Crippen LogP contribution is -2.44. The van der Waals surface area contributed by atoms with Gasteiger partial charge in [0, 0.05) is 44.6 Å². The minimum atomic E-state index is -3.71. The number of likely N-dealkylation sites (tertiary alicyclic amines) is 1. The molecule has 1 aromatic carbocycles. The van der Waals surface area contributed by atoms with Crippen LogP contribution in [-0.2, 0) is 14.8 Å². The van der Waals surface area contributed by atoms with Gasteiger partial charge >= 0.3 is 0 Å². The zero-order valence-electron chi connectivity index (χ0n) is 15.6. The van der Waals surface area contributed by atoms with Crippen LogP contribution in [0.1, 0.15) is 25.7 Å². The highest BCUT2D eigenvalue weighted by atomic mass is 32.2. The molecule has 0 aliphatic carbocycles. The van der Waals surface area contributed by atoms with Crippen LogP contribution in [0.3, 0.4) is 0 Å². The summed E-state index contributed by atoms with van der Waals surface area (Å²) in [7, 11) is -1.78. The fraction of sp³-hybridized carbons (Fsp3) is 0.611. The molecule has 3 rings (SSSR count). The van der Waals surface area contributed by atoms with Gasteiger partial charge in [-0.3, -0.25) is 4.79 Å². The smallest absolute Gasteiger partial charge is 0.240 e. The van der Waals surface area contributed by atoms with E-state index in [4.69, 9.17) is 9.47 Å². The lowest BCUT2D eigenvalue weighted by molar-refractivity contribution is -0.132. The maximum absolute atomic E-state index is 12.5. The maximum Gasteiger partial charge on any atom is 0.240 e. The van der Waals surface area contributed by atoms with Crippen molar-refractivity contribution in [3.8, 4) is 11.5 Å². The summed E-state index contributed by atoms with van der Waals surface area (Å²) in [4.78, 5) is 14.2. The highest BCUT2D eigenvalue weighted by molar-refractivity contribution is 7.89. The van der Waals surface area contributed by atoms with Crippen molar-refractivity contribution in [3.63, 3.8) is 0 Å². The molecule has 0 spiro atoms. The molecule has 1 fully saturated rings. The quantitative estimate of drug-likeness (QED) is 0.735. The SMILES string of the molecule is CNC1CCN(C(=O)CCNS(=O)(=O)c2ccc3c(c2)OCCCO3)CC1. The summed E-state index contributed by atoms with van der Waals surface area (Å²) in [5.41, 5.74) is 0. The summed E-state index contributed by atoms with van der Waals surface area (Å²) in [6.07, 6.45) is 2.74. The van der Waals surface area contributed by atoms with Crippen molar-refractivity contribution in [3.05, 3.63) is 18.2 Å². The number of hydrogen-bond donors (Lipinski definition) is 2. The van der Waals surface area contributed by atoms with Gasteiger partial charge in [0.25, 0.3) is 0 Å². The van der Waals surface area contributed by atoms with Crippen molar-refractivity contribution in [2.75, 3.05) is 39.9 Å². The Kier molecular flexibility index (Phi) is 6.56. The first-order valence-corrected chi connectivity index (χ1v) is 10.8. The van der Waals surface area contributed by atoms with Crippen LogP contribution in [0.5, 0.6) is 11.5 Å². The number of benzene rings is 1. The van der Waals surface area contributed by atoms with Crippen LogP contribution < -0.4 is 19.5 Å². The molecule has 0 atom stereocenters. The van der Waals surface area contributed by atoms with E-state index in [1.54, 1.807) is 11.0 Å². The molecule has 2 aliphatic rings. The Hall–Kier alpha value is -1.84. The van der Waals surface area contributed by atoms with Crippen LogP contribution in [0.2, 0.25) is 0 Å². The summed E-state index contributed by atoms with van der Waals surface area (Å²) < 4.78 is 38.6. The minimum Gasteiger partial charge on any atom is -0.490 e. The molecule has 0 aromatic heterocycles. The molecule has 2 aliphatic heterocycles. The summed E-state index contributed by atoms with van der Waals surface area (Å²) in [5, 5.41) is 3.22. The highest BCUT2D eigenvalue weighted by Gasteiger charge is 2.23. The van der Waals surface area contributed by atoms with Gasteiger partial charge in [-0.15, -0.1) is 0 Å². The number of hydrogen-bond acceptors (Lipinski definition) is 6. The second-order valence-corrected chi connectivity index (χ2v) is 8.52.